The summed E-state index contributed by atoms with van der Waals surface area (Å²) in [5.41, 5.74) is 0. The Morgan fingerprint density at radius 1 is 1.29 bits per heavy atom. The van der Waals surface area contributed by atoms with Crippen molar-refractivity contribution in [2.75, 3.05) is 40.0 Å². The third-order valence-corrected chi connectivity index (χ3v) is 3.73. The van der Waals surface area contributed by atoms with Crippen molar-refractivity contribution >= 4 is 0 Å². The second-order valence-corrected chi connectivity index (χ2v) is 5.26. The van der Waals surface area contributed by atoms with E-state index in [1.165, 1.54) is 0 Å². The molecule has 0 aromatic carbocycles. The van der Waals surface area contributed by atoms with Gasteiger partial charge in [0, 0.05) is 26.7 Å². The minimum atomic E-state index is -0.171. The Bertz CT molecular complexity index is 201. The molecule has 4 heteroatoms. The van der Waals surface area contributed by atoms with Crippen LogP contribution in [0.1, 0.15) is 26.2 Å². The van der Waals surface area contributed by atoms with E-state index in [9.17, 15) is 5.11 Å². The maximum absolute atomic E-state index is 10.0. The van der Waals surface area contributed by atoms with Gasteiger partial charge in [-0.15, -0.1) is 0 Å². The SMILES string of the molecule is COCCN(CCO)CC1CC(C)CCC1O. The zero-order chi connectivity index (χ0) is 12.7. The second-order valence-electron chi connectivity index (χ2n) is 5.26. The van der Waals surface area contributed by atoms with Gasteiger partial charge in [0.25, 0.3) is 0 Å². The van der Waals surface area contributed by atoms with Gasteiger partial charge < -0.3 is 14.9 Å². The fourth-order valence-corrected chi connectivity index (χ4v) is 2.67. The summed E-state index contributed by atoms with van der Waals surface area (Å²) < 4.78 is 5.07. The van der Waals surface area contributed by atoms with Gasteiger partial charge in [-0.25, -0.2) is 0 Å². The van der Waals surface area contributed by atoms with Crippen LogP contribution in [0.4, 0.5) is 0 Å². The van der Waals surface area contributed by atoms with Crippen LogP contribution in [0.5, 0.6) is 0 Å². The van der Waals surface area contributed by atoms with E-state index in [1.807, 2.05) is 0 Å². The van der Waals surface area contributed by atoms with Gasteiger partial charge in [0.1, 0.15) is 0 Å². The van der Waals surface area contributed by atoms with Gasteiger partial charge in [-0.2, -0.15) is 0 Å². The van der Waals surface area contributed by atoms with Crippen molar-refractivity contribution < 1.29 is 14.9 Å². The number of hydrogen-bond donors (Lipinski definition) is 2. The Hall–Kier alpha value is -0.160. The molecule has 2 N–H and O–H groups in total. The smallest absolute Gasteiger partial charge is 0.0589 e. The van der Waals surface area contributed by atoms with Gasteiger partial charge in [0.15, 0.2) is 0 Å². The molecule has 0 aromatic heterocycles. The van der Waals surface area contributed by atoms with E-state index in [0.717, 1.165) is 32.4 Å². The Morgan fingerprint density at radius 2 is 2.06 bits per heavy atom. The van der Waals surface area contributed by atoms with Crippen LogP contribution in [0, 0.1) is 11.8 Å². The normalized spacial score (nSPS) is 29.8. The first-order valence-electron chi connectivity index (χ1n) is 6.67. The van der Waals surface area contributed by atoms with Crippen LogP contribution in [-0.2, 0) is 4.74 Å². The summed E-state index contributed by atoms with van der Waals surface area (Å²) in [7, 11) is 1.69. The number of aliphatic hydroxyl groups is 2. The lowest BCUT2D eigenvalue weighted by Crippen LogP contribution is -2.41. The van der Waals surface area contributed by atoms with Crippen LogP contribution in [0.25, 0.3) is 0 Å². The minimum absolute atomic E-state index is 0.169. The van der Waals surface area contributed by atoms with Crippen LogP contribution in [0.3, 0.4) is 0 Å². The summed E-state index contributed by atoms with van der Waals surface area (Å²) in [6.45, 7) is 5.47. The van der Waals surface area contributed by atoms with E-state index in [1.54, 1.807) is 7.11 Å². The third kappa shape index (κ3) is 5.34. The summed E-state index contributed by atoms with van der Waals surface area (Å²) in [4.78, 5) is 2.19. The lowest BCUT2D eigenvalue weighted by Gasteiger charge is -2.35. The fourth-order valence-electron chi connectivity index (χ4n) is 2.67. The van der Waals surface area contributed by atoms with Crippen molar-refractivity contribution in [2.24, 2.45) is 11.8 Å². The lowest BCUT2D eigenvalue weighted by molar-refractivity contribution is 0.0222. The molecule has 1 saturated carbocycles. The predicted octanol–water partition coefficient (Wildman–Crippen LogP) is 0.724. The highest BCUT2D eigenvalue weighted by molar-refractivity contribution is 4.80. The Kier molecular flexibility index (Phi) is 7.04. The highest BCUT2D eigenvalue weighted by atomic mass is 16.5. The quantitative estimate of drug-likeness (QED) is 0.694. The van der Waals surface area contributed by atoms with E-state index in [4.69, 9.17) is 9.84 Å². The zero-order valence-corrected chi connectivity index (χ0v) is 11.1. The van der Waals surface area contributed by atoms with Crippen LogP contribution in [0.2, 0.25) is 0 Å². The van der Waals surface area contributed by atoms with Crippen molar-refractivity contribution in [1.82, 2.24) is 4.90 Å². The molecule has 0 aromatic rings. The second kappa shape index (κ2) is 8.03. The van der Waals surface area contributed by atoms with Crippen LogP contribution in [0.15, 0.2) is 0 Å². The van der Waals surface area contributed by atoms with Crippen molar-refractivity contribution in [3.05, 3.63) is 0 Å². The topological polar surface area (TPSA) is 52.9 Å². The summed E-state index contributed by atoms with van der Waals surface area (Å²) in [6.07, 6.45) is 2.98. The van der Waals surface area contributed by atoms with Gasteiger partial charge in [-0.1, -0.05) is 6.92 Å². The molecule has 3 atom stereocenters. The average Bonchev–Trinajstić information content (AvgIpc) is 2.31. The monoisotopic (exact) mass is 245 g/mol. The number of ether oxygens (including phenoxy) is 1. The maximum atomic E-state index is 10.0. The van der Waals surface area contributed by atoms with Crippen molar-refractivity contribution in [2.45, 2.75) is 32.3 Å². The molecule has 3 unspecified atom stereocenters. The molecule has 0 heterocycles. The number of aliphatic hydroxyl groups excluding tert-OH is 2. The average molecular weight is 245 g/mol. The van der Waals surface area contributed by atoms with E-state index in [2.05, 4.69) is 11.8 Å². The van der Waals surface area contributed by atoms with Crippen LogP contribution in [-0.4, -0.2) is 61.2 Å². The number of hydrogen-bond acceptors (Lipinski definition) is 4. The molecular weight excluding hydrogens is 218 g/mol. The first kappa shape index (κ1) is 14.9. The molecular formula is C13H27NO3. The Balaban J connectivity index is 2.40. The fraction of sp³-hybridized carbons (Fsp3) is 1.00. The summed E-state index contributed by atoms with van der Waals surface area (Å²) >= 11 is 0. The molecule has 4 nitrogen and oxygen atoms in total. The molecule has 1 aliphatic rings. The van der Waals surface area contributed by atoms with Gasteiger partial charge in [0.05, 0.1) is 19.3 Å². The standard InChI is InChI=1S/C13H27NO3/c1-11-3-4-13(16)12(9-11)10-14(5-7-15)6-8-17-2/h11-13,15-16H,3-10H2,1-2H3. The van der Waals surface area contributed by atoms with Gasteiger partial charge in [-0.05, 0) is 31.1 Å². The highest BCUT2D eigenvalue weighted by Crippen LogP contribution is 2.29. The molecule has 1 aliphatic carbocycles. The molecule has 0 aliphatic heterocycles. The molecule has 102 valence electrons. The highest BCUT2D eigenvalue weighted by Gasteiger charge is 2.28. The summed E-state index contributed by atoms with van der Waals surface area (Å²) in [5.74, 6) is 1.06. The molecule has 0 bridgehead atoms. The lowest BCUT2D eigenvalue weighted by atomic mass is 9.80. The number of methoxy groups -OCH3 is 1. The van der Waals surface area contributed by atoms with Crippen molar-refractivity contribution in [1.29, 1.82) is 0 Å². The number of nitrogens with zero attached hydrogens (tertiary/aromatic N) is 1. The van der Waals surface area contributed by atoms with E-state index >= 15 is 0 Å². The maximum Gasteiger partial charge on any atom is 0.0589 e. The number of rotatable bonds is 7. The van der Waals surface area contributed by atoms with Crippen LogP contribution < -0.4 is 0 Å². The van der Waals surface area contributed by atoms with Gasteiger partial charge in [0.2, 0.25) is 0 Å². The predicted molar refractivity (Wildman–Crippen MR) is 67.9 cm³/mol. The first-order valence-corrected chi connectivity index (χ1v) is 6.67. The summed E-state index contributed by atoms with van der Waals surface area (Å²) in [6, 6.07) is 0. The van der Waals surface area contributed by atoms with E-state index in [0.29, 0.717) is 25.0 Å². The van der Waals surface area contributed by atoms with Crippen LogP contribution >= 0.6 is 0 Å². The Labute approximate surface area is 105 Å². The van der Waals surface area contributed by atoms with E-state index in [-0.39, 0.29) is 12.7 Å². The van der Waals surface area contributed by atoms with Gasteiger partial charge in [-0.3, -0.25) is 4.90 Å². The molecule has 1 fully saturated rings. The molecule has 0 radical (unpaired) electrons. The molecule has 1 rings (SSSR count). The molecule has 0 spiro atoms. The molecule has 17 heavy (non-hydrogen) atoms. The van der Waals surface area contributed by atoms with Crippen molar-refractivity contribution in [3.8, 4) is 0 Å². The third-order valence-electron chi connectivity index (χ3n) is 3.73. The van der Waals surface area contributed by atoms with Gasteiger partial charge >= 0.3 is 0 Å². The Morgan fingerprint density at radius 3 is 2.71 bits per heavy atom. The molecule has 0 saturated heterocycles. The van der Waals surface area contributed by atoms with Crippen molar-refractivity contribution in [3.63, 3.8) is 0 Å². The first-order chi connectivity index (χ1) is 8.17. The van der Waals surface area contributed by atoms with E-state index < -0.39 is 0 Å². The molecule has 0 amide bonds. The largest absolute Gasteiger partial charge is 0.395 e. The minimum Gasteiger partial charge on any atom is -0.395 e. The zero-order valence-electron chi connectivity index (χ0n) is 11.1. The summed E-state index contributed by atoms with van der Waals surface area (Å²) in [5, 5.41) is 19.0.